The largest absolute Gasteiger partial charge is 0.397 e. The second-order valence-corrected chi connectivity index (χ2v) is 6.46. The summed E-state index contributed by atoms with van der Waals surface area (Å²) in [4.78, 5) is 33.1. The van der Waals surface area contributed by atoms with E-state index in [4.69, 9.17) is 5.73 Å². The Morgan fingerprint density at radius 2 is 2.21 bits per heavy atom. The minimum absolute atomic E-state index is 0.177. The number of nitrogens with two attached hydrogens (primary N) is 1. The number of Topliss-reactive ketones (excluding diaryl/α,β-unsaturated/α-hetero) is 1. The standard InChI is InChI=1S/C15H18N6O2S/c1-8(22)12-13(9-4-10(16)6-18-5-9)24-15(20-12)21-14(23)11-7-17-2-3-19-11/h4-6,11,17,19H,2-3,7,16H2,1H3,(H,20,21,23)/t11-/m1/s1. The fourth-order valence-corrected chi connectivity index (χ4v) is 3.42. The van der Waals surface area contributed by atoms with Gasteiger partial charge >= 0.3 is 0 Å². The Morgan fingerprint density at radius 1 is 1.38 bits per heavy atom. The fourth-order valence-electron chi connectivity index (χ4n) is 2.42. The van der Waals surface area contributed by atoms with Gasteiger partial charge in [0.15, 0.2) is 10.9 Å². The lowest BCUT2D eigenvalue weighted by atomic mass is 10.1. The topological polar surface area (TPSA) is 122 Å². The number of anilines is 2. The van der Waals surface area contributed by atoms with Gasteiger partial charge in [0.05, 0.1) is 16.6 Å². The summed E-state index contributed by atoms with van der Waals surface area (Å²) >= 11 is 1.23. The molecule has 3 rings (SSSR count). The summed E-state index contributed by atoms with van der Waals surface area (Å²) in [5, 5.41) is 9.44. The van der Waals surface area contributed by atoms with E-state index in [0.717, 1.165) is 13.1 Å². The van der Waals surface area contributed by atoms with E-state index in [1.54, 1.807) is 12.3 Å². The van der Waals surface area contributed by atoms with Gasteiger partial charge in [0.1, 0.15) is 5.69 Å². The average Bonchev–Trinajstić information content (AvgIpc) is 3.00. The van der Waals surface area contributed by atoms with Gasteiger partial charge in [-0.2, -0.15) is 0 Å². The number of aromatic nitrogens is 2. The number of hydrogen-bond acceptors (Lipinski definition) is 8. The van der Waals surface area contributed by atoms with Crippen LogP contribution in [0.1, 0.15) is 17.4 Å². The Bertz CT molecular complexity index is 769. The highest BCUT2D eigenvalue weighted by atomic mass is 32.1. The summed E-state index contributed by atoms with van der Waals surface area (Å²) in [5.74, 6) is -0.357. The minimum atomic E-state index is -0.319. The summed E-state index contributed by atoms with van der Waals surface area (Å²) < 4.78 is 0. The number of ketones is 1. The van der Waals surface area contributed by atoms with Gasteiger partial charge in [0.2, 0.25) is 5.91 Å². The number of nitrogen functional groups attached to an aromatic ring is 1. The zero-order chi connectivity index (χ0) is 17.1. The Labute approximate surface area is 142 Å². The molecule has 1 atom stereocenters. The lowest BCUT2D eigenvalue weighted by Gasteiger charge is -2.22. The predicted molar refractivity (Wildman–Crippen MR) is 93.1 cm³/mol. The molecular weight excluding hydrogens is 328 g/mol. The van der Waals surface area contributed by atoms with Crippen LogP contribution in [0.25, 0.3) is 10.4 Å². The maximum Gasteiger partial charge on any atom is 0.244 e. The van der Waals surface area contributed by atoms with Crippen molar-refractivity contribution in [1.82, 2.24) is 20.6 Å². The molecule has 1 amide bonds. The zero-order valence-corrected chi connectivity index (χ0v) is 13.9. The number of pyridine rings is 1. The maximum absolute atomic E-state index is 12.3. The lowest BCUT2D eigenvalue weighted by molar-refractivity contribution is -0.118. The number of thiazole rings is 1. The Kier molecular flexibility index (Phi) is 4.84. The van der Waals surface area contributed by atoms with Gasteiger partial charge in [-0.3, -0.25) is 14.6 Å². The van der Waals surface area contributed by atoms with E-state index >= 15 is 0 Å². The predicted octanol–water partition coefficient (Wildman–Crippen LogP) is 0.490. The van der Waals surface area contributed by atoms with Crippen LogP contribution in [0, 0.1) is 0 Å². The van der Waals surface area contributed by atoms with Crippen molar-refractivity contribution < 1.29 is 9.59 Å². The van der Waals surface area contributed by atoms with Crippen molar-refractivity contribution >= 4 is 33.8 Å². The van der Waals surface area contributed by atoms with Crippen molar-refractivity contribution in [3.8, 4) is 10.4 Å². The first-order valence-electron chi connectivity index (χ1n) is 7.52. The molecule has 0 unspecified atom stereocenters. The molecule has 126 valence electrons. The van der Waals surface area contributed by atoms with Crippen molar-refractivity contribution in [2.45, 2.75) is 13.0 Å². The average molecular weight is 346 g/mol. The van der Waals surface area contributed by atoms with Crippen molar-refractivity contribution in [3.63, 3.8) is 0 Å². The summed E-state index contributed by atoms with van der Waals surface area (Å²) in [7, 11) is 0. The second-order valence-electron chi connectivity index (χ2n) is 5.46. The molecule has 0 bridgehead atoms. The van der Waals surface area contributed by atoms with Crippen molar-refractivity contribution in [3.05, 3.63) is 24.2 Å². The smallest absolute Gasteiger partial charge is 0.244 e. The number of carbonyl (C=O) groups excluding carboxylic acids is 2. The molecule has 3 heterocycles. The molecule has 9 heteroatoms. The highest BCUT2D eigenvalue weighted by molar-refractivity contribution is 7.19. The van der Waals surface area contributed by atoms with Gasteiger partial charge in [0, 0.05) is 44.5 Å². The second kappa shape index (κ2) is 7.04. The van der Waals surface area contributed by atoms with E-state index in [1.807, 2.05) is 0 Å². The lowest BCUT2D eigenvalue weighted by Crippen LogP contribution is -2.54. The number of nitrogens with zero attached hydrogens (tertiary/aromatic N) is 2. The first-order valence-corrected chi connectivity index (χ1v) is 8.34. The third-order valence-electron chi connectivity index (χ3n) is 3.57. The Balaban J connectivity index is 1.86. The van der Waals surface area contributed by atoms with Crippen LogP contribution >= 0.6 is 11.3 Å². The number of hydrogen-bond donors (Lipinski definition) is 4. The molecule has 0 radical (unpaired) electrons. The summed E-state index contributed by atoms with van der Waals surface area (Å²) in [6.45, 7) is 3.57. The van der Waals surface area contributed by atoms with Crippen LogP contribution in [0.2, 0.25) is 0 Å². The van der Waals surface area contributed by atoms with Gasteiger partial charge < -0.3 is 21.7 Å². The van der Waals surface area contributed by atoms with Crippen LogP contribution in [0.3, 0.4) is 0 Å². The molecule has 24 heavy (non-hydrogen) atoms. The Morgan fingerprint density at radius 3 is 2.88 bits per heavy atom. The molecule has 1 aliphatic heterocycles. The van der Waals surface area contributed by atoms with Gasteiger partial charge in [-0.25, -0.2) is 4.98 Å². The van der Waals surface area contributed by atoms with E-state index in [2.05, 4.69) is 25.9 Å². The SMILES string of the molecule is CC(=O)c1nc(NC(=O)[C@H]2CNCCN2)sc1-c1cncc(N)c1. The van der Waals surface area contributed by atoms with Crippen LogP contribution in [0.15, 0.2) is 18.5 Å². The monoisotopic (exact) mass is 346 g/mol. The quantitative estimate of drug-likeness (QED) is 0.594. The van der Waals surface area contributed by atoms with Crippen molar-refractivity contribution in [2.24, 2.45) is 0 Å². The molecule has 0 spiro atoms. The first kappa shape index (κ1) is 16.5. The molecule has 0 aliphatic carbocycles. The van der Waals surface area contributed by atoms with Gasteiger partial charge in [-0.1, -0.05) is 11.3 Å². The summed E-state index contributed by atoms with van der Waals surface area (Å²) in [6.07, 6.45) is 3.15. The maximum atomic E-state index is 12.3. The number of nitrogens with one attached hydrogen (secondary N) is 3. The van der Waals surface area contributed by atoms with E-state index < -0.39 is 0 Å². The molecule has 1 aliphatic rings. The van der Waals surface area contributed by atoms with E-state index in [9.17, 15) is 9.59 Å². The van der Waals surface area contributed by atoms with E-state index in [1.165, 1.54) is 24.5 Å². The van der Waals surface area contributed by atoms with Crippen LogP contribution in [-0.2, 0) is 4.79 Å². The van der Waals surface area contributed by atoms with E-state index in [-0.39, 0.29) is 17.7 Å². The number of piperazine rings is 1. The Hall–Kier alpha value is -2.36. The van der Waals surface area contributed by atoms with E-state index in [0.29, 0.717) is 33.5 Å². The third-order valence-corrected chi connectivity index (χ3v) is 4.59. The third kappa shape index (κ3) is 3.58. The van der Waals surface area contributed by atoms with Crippen LogP contribution in [0.5, 0.6) is 0 Å². The van der Waals surface area contributed by atoms with Crippen LogP contribution in [-0.4, -0.2) is 47.3 Å². The highest BCUT2D eigenvalue weighted by Crippen LogP contribution is 2.33. The molecule has 1 saturated heterocycles. The summed E-state index contributed by atoms with van der Waals surface area (Å²) in [5.41, 5.74) is 7.27. The normalized spacial score (nSPS) is 17.5. The number of amides is 1. The molecule has 2 aromatic rings. The fraction of sp³-hybridized carbons (Fsp3) is 0.333. The zero-order valence-electron chi connectivity index (χ0n) is 13.1. The highest BCUT2D eigenvalue weighted by Gasteiger charge is 2.23. The molecular formula is C15H18N6O2S. The molecule has 8 nitrogen and oxygen atoms in total. The number of rotatable bonds is 4. The molecule has 1 fully saturated rings. The molecule has 0 saturated carbocycles. The minimum Gasteiger partial charge on any atom is -0.397 e. The summed E-state index contributed by atoms with van der Waals surface area (Å²) in [6, 6.07) is 1.41. The molecule has 0 aromatic carbocycles. The first-order chi connectivity index (χ1) is 11.5. The number of carbonyl (C=O) groups is 2. The van der Waals surface area contributed by atoms with Crippen molar-refractivity contribution in [2.75, 3.05) is 30.7 Å². The molecule has 2 aromatic heterocycles. The van der Waals surface area contributed by atoms with Crippen molar-refractivity contribution in [1.29, 1.82) is 0 Å². The van der Waals surface area contributed by atoms with Gasteiger partial charge in [0.25, 0.3) is 0 Å². The van der Waals surface area contributed by atoms with Gasteiger partial charge in [-0.05, 0) is 6.07 Å². The van der Waals surface area contributed by atoms with Crippen LogP contribution < -0.4 is 21.7 Å². The van der Waals surface area contributed by atoms with Crippen LogP contribution in [0.4, 0.5) is 10.8 Å². The molecule has 5 N–H and O–H groups in total. The van der Waals surface area contributed by atoms with Gasteiger partial charge in [-0.15, -0.1) is 0 Å².